The molecule has 2 saturated carbocycles. The summed E-state index contributed by atoms with van der Waals surface area (Å²) >= 11 is 0. The molecule has 8 heteroatoms. The third-order valence-corrected chi connectivity index (χ3v) is 9.08. The van der Waals surface area contributed by atoms with Gasteiger partial charge in [0.25, 0.3) is 5.69 Å². The number of rotatable bonds is 7. The van der Waals surface area contributed by atoms with Gasteiger partial charge in [0.15, 0.2) is 17.3 Å². The molecule has 1 aliphatic heterocycles. The van der Waals surface area contributed by atoms with E-state index >= 15 is 4.39 Å². The Hall–Kier alpha value is -3.00. The molecule has 35 heavy (non-hydrogen) atoms. The number of ketones is 1. The number of hydrogen-bond acceptors (Lipinski definition) is 6. The smallest absolute Gasteiger partial charge is 0.273 e. The van der Waals surface area contributed by atoms with Crippen LogP contribution in [0.1, 0.15) is 53.6 Å². The van der Waals surface area contributed by atoms with Crippen molar-refractivity contribution in [1.29, 1.82) is 0 Å². The molecule has 0 bridgehead atoms. The number of carbonyl (C=O) groups is 1. The average molecular weight is 481 g/mol. The molecule has 1 saturated heterocycles. The maximum absolute atomic E-state index is 16.4. The number of Topliss-reactive ketones (excluding diaryl/α,β-unsaturated/α-hetero) is 1. The highest BCUT2D eigenvalue weighted by atomic mass is 19.1. The van der Waals surface area contributed by atoms with Crippen molar-refractivity contribution < 1.29 is 23.6 Å². The molecule has 7 nitrogen and oxygen atoms in total. The zero-order valence-electron chi connectivity index (χ0n) is 20.0. The molecular weight excluding hydrogens is 451 g/mol. The molecule has 0 aromatic heterocycles. The van der Waals surface area contributed by atoms with Crippen molar-refractivity contribution >= 4 is 11.5 Å². The molecular formula is C27H29FN2O5. The largest absolute Gasteiger partial charge is 0.493 e. The molecule has 2 aromatic rings. The number of nitro groups is 1. The maximum Gasteiger partial charge on any atom is 0.273 e. The van der Waals surface area contributed by atoms with Gasteiger partial charge in [-0.3, -0.25) is 19.8 Å². The minimum Gasteiger partial charge on any atom is -0.493 e. The van der Waals surface area contributed by atoms with Gasteiger partial charge in [-0.25, -0.2) is 4.39 Å². The molecule has 0 amide bonds. The number of benzene rings is 2. The highest BCUT2D eigenvalue weighted by molar-refractivity contribution is 6.03. The summed E-state index contributed by atoms with van der Waals surface area (Å²) in [6.07, 6.45) is 3.60. The van der Waals surface area contributed by atoms with Crippen molar-refractivity contribution in [2.24, 2.45) is 11.3 Å². The summed E-state index contributed by atoms with van der Waals surface area (Å²) in [6.45, 7) is 0.470. The molecule has 5 atom stereocenters. The lowest BCUT2D eigenvalue weighted by molar-refractivity contribution is -0.386. The second-order valence-corrected chi connectivity index (χ2v) is 10.7. The molecule has 2 aromatic carbocycles. The Morgan fingerprint density at radius 3 is 2.60 bits per heavy atom. The lowest BCUT2D eigenvalue weighted by atomic mass is 9.53. The van der Waals surface area contributed by atoms with E-state index in [9.17, 15) is 14.9 Å². The van der Waals surface area contributed by atoms with E-state index < -0.39 is 5.67 Å². The van der Waals surface area contributed by atoms with Gasteiger partial charge in [0, 0.05) is 47.2 Å². The highest BCUT2D eigenvalue weighted by Crippen LogP contribution is 2.69. The van der Waals surface area contributed by atoms with Gasteiger partial charge in [-0.1, -0.05) is 18.2 Å². The molecule has 3 fully saturated rings. The molecule has 0 N–H and O–H groups in total. The fourth-order valence-corrected chi connectivity index (χ4v) is 7.55. The van der Waals surface area contributed by atoms with Crippen LogP contribution >= 0.6 is 0 Å². The number of hydrogen-bond donors (Lipinski definition) is 0. The van der Waals surface area contributed by atoms with Crippen LogP contribution < -0.4 is 9.47 Å². The average Bonchev–Trinajstić information content (AvgIpc) is 3.30. The van der Waals surface area contributed by atoms with Crippen LogP contribution in [0.3, 0.4) is 0 Å². The first-order valence-electron chi connectivity index (χ1n) is 12.2. The summed E-state index contributed by atoms with van der Waals surface area (Å²) in [5.41, 5.74) is 0.846. The van der Waals surface area contributed by atoms with Crippen LogP contribution in [0.15, 0.2) is 36.4 Å². The second-order valence-electron chi connectivity index (χ2n) is 10.7. The monoisotopic (exact) mass is 480 g/mol. The van der Waals surface area contributed by atoms with E-state index in [1.807, 2.05) is 12.1 Å². The lowest BCUT2D eigenvalue weighted by Gasteiger charge is -2.68. The van der Waals surface area contributed by atoms with E-state index in [1.54, 1.807) is 25.3 Å². The lowest BCUT2D eigenvalue weighted by Crippen LogP contribution is -2.74. The van der Waals surface area contributed by atoms with Gasteiger partial charge in [-0.05, 0) is 56.2 Å². The van der Waals surface area contributed by atoms with E-state index in [-0.39, 0.29) is 46.2 Å². The van der Waals surface area contributed by atoms with Crippen LogP contribution in [0.25, 0.3) is 0 Å². The van der Waals surface area contributed by atoms with E-state index in [0.717, 1.165) is 18.4 Å². The van der Waals surface area contributed by atoms with Crippen LogP contribution in [0.2, 0.25) is 0 Å². The number of carbonyl (C=O) groups excluding carboxylic acids is 1. The third-order valence-electron chi connectivity index (χ3n) is 9.08. The van der Waals surface area contributed by atoms with Gasteiger partial charge in [-0.2, -0.15) is 0 Å². The van der Waals surface area contributed by atoms with Gasteiger partial charge in [0.1, 0.15) is 5.67 Å². The third kappa shape index (κ3) is 3.22. The fraction of sp³-hybridized carbons (Fsp3) is 0.519. The van der Waals surface area contributed by atoms with Gasteiger partial charge in [0.05, 0.1) is 19.1 Å². The maximum atomic E-state index is 16.4. The van der Waals surface area contributed by atoms with E-state index in [4.69, 9.17) is 9.47 Å². The predicted octanol–water partition coefficient (Wildman–Crippen LogP) is 4.89. The highest BCUT2D eigenvalue weighted by Gasteiger charge is 2.72. The van der Waals surface area contributed by atoms with Crippen molar-refractivity contribution in [2.75, 3.05) is 14.2 Å². The molecule has 1 heterocycles. The SMILES string of the molecule is COc1cc2c(cc1OC)C(=O)C(CC1(F)CC3N(Cc4ccccc4[N+](=O)[O-])C4CCC43C1)C2. The summed E-state index contributed by atoms with van der Waals surface area (Å²) in [5, 5.41) is 11.5. The number of halogens is 1. The number of methoxy groups -OCH3 is 2. The van der Waals surface area contributed by atoms with Crippen LogP contribution in [-0.2, 0) is 13.0 Å². The van der Waals surface area contributed by atoms with Crippen LogP contribution in [0.4, 0.5) is 10.1 Å². The Kier molecular flexibility index (Phi) is 4.97. The molecule has 5 unspecified atom stereocenters. The normalized spacial score (nSPS) is 32.8. The number of nitro benzene ring substituents is 1. The van der Waals surface area contributed by atoms with Gasteiger partial charge >= 0.3 is 0 Å². The van der Waals surface area contributed by atoms with E-state index in [1.165, 1.54) is 13.2 Å². The summed E-state index contributed by atoms with van der Waals surface area (Å²) in [5.74, 6) is 0.686. The minimum absolute atomic E-state index is 0.0170. The molecule has 0 radical (unpaired) electrons. The molecule has 4 aliphatic rings. The zero-order valence-corrected chi connectivity index (χ0v) is 20.0. The van der Waals surface area contributed by atoms with Crippen LogP contribution in [0.5, 0.6) is 11.5 Å². The number of nitrogens with zero attached hydrogens (tertiary/aromatic N) is 2. The van der Waals surface area contributed by atoms with Gasteiger partial charge < -0.3 is 9.47 Å². The fourth-order valence-electron chi connectivity index (χ4n) is 7.55. The van der Waals surface area contributed by atoms with Gasteiger partial charge in [-0.15, -0.1) is 0 Å². The zero-order chi connectivity index (χ0) is 24.5. The number of alkyl halides is 1. The summed E-state index contributed by atoms with van der Waals surface area (Å²) in [6, 6.07) is 10.7. The van der Waals surface area contributed by atoms with Crippen molar-refractivity contribution in [2.45, 2.75) is 62.8 Å². The standard InChI is InChI=1S/C27H29FN2O5/c1-34-21-10-17-9-18(25(31)19(17)11-22(21)35-2)12-26(28)13-24-27(15-26)8-7-23(27)29(24)14-16-5-3-4-6-20(16)30(32)33/h3-6,10-11,18,23-24H,7-9,12-15H2,1-2H3. The molecule has 1 spiro atoms. The number of piperidine rings is 1. The Morgan fingerprint density at radius 1 is 1.17 bits per heavy atom. The number of ether oxygens (including phenoxy) is 2. The van der Waals surface area contributed by atoms with Crippen molar-refractivity contribution in [3.63, 3.8) is 0 Å². The first kappa shape index (κ1) is 22.5. The molecule has 6 rings (SSSR count). The molecule has 184 valence electrons. The van der Waals surface area contributed by atoms with Crippen molar-refractivity contribution in [1.82, 2.24) is 4.90 Å². The number of para-hydroxylation sites is 1. The summed E-state index contributed by atoms with van der Waals surface area (Å²) in [4.78, 5) is 26.6. The minimum atomic E-state index is -1.41. The first-order valence-corrected chi connectivity index (χ1v) is 12.2. The van der Waals surface area contributed by atoms with Crippen LogP contribution in [-0.4, -0.2) is 47.6 Å². The Labute approximate surface area is 203 Å². The Bertz CT molecular complexity index is 1230. The van der Waals surface area contributed by atoms with Gasteiger partial charge in [0.2, 0.25) is 0 Å². The molecule has 3 aliphatic carbocycles. The van der Waals surface area contributed by atoms with E-state index in [0.29, 0.717) is 48.4 Å². The summed E-state index contributed by atoms with van der Waals surface area (Å²) in [7, 11) is 3.10. The Morgan fingerprint density at radius 2 is 1.91 bits per heavy atom. The number of likely N-dealkylation sites (tertiary alicyclic amines) is 1. The summed E-state index contributed by atoms with van der Waals surface area (Å²) < 4.78 is 27.2. The van der Waals surface area contributed by atoms with Crippen molar-refractivity contribution in [3.8, 4) is 11.5 Å². The van der Waals surface area contributed by atoms with E-state index in [2.05, 4.69) is 4.90 Å². The second kappa shape index (κ2) is 7.75. The first-order chi connectivity index (χ1) is 16.8. The number of fused-ring (bicyclic) bond motifs is 1. The quantitative estimate of drug-likeness (QED) is 0.415. The topological polar surface area (TPSA) is 81.9 Å². The van der Waals surface area contributed by atoms with Crippen molar-refractivity contribution in [3.05, 3.63) is 63.2 Å². The van der Waals surface area contributed by atoms with Crippen LogP contribution in [0, 0.1) is 21.4 Å². The Balaban J connectivity index is 1.19. The predicted molar refractivity (Wildman–Crippen MR) is 127 cm³/mol.